The second-order valence-electron chi connectivity index (χ2n) is 15.7. The van der Waals surface area contributed by atoms with Crippen molar-refractivity contribution in [3.8, 4) is 11.5 Å². The number of nitrogens with two attached hydrogens (primary N) is 4. The molecule has 4 aliphatic rings. The first-order chi connectivity index (χ1) is 30.5. The van der Waals surface area contributed by atoms with Gasteiger partial charge in [0.25, 0.3) is 0 Å². The number of nitrogens with zero attached hydrogens (tertiary/aromatic N) is 10. The molecule has 2 aromatic carbocycles. The molecule has 4 aliphatic heterocycles. The number of pyridine rings is 2. The van der Waals surface area contributed by atoms with Crippen molar-refractivity contribution in [2.24, 2.45) is 42.9 Å². The molecule has 0 amide bonds. The highest BCUT2D eigenvalue weighted by atomic mass is 19.1. The molecular formula is C40H46F2N14O8. The van der Waals surface area contributed by atoms with Gasteiger partial charge in [-0.05, 0) is 26.0 Å². The molecule has 10 N–H and O–H groups in total. The molecule has 0 spiro atoms. The van der Waals surface area contributed by atoms with Gasteiger partial charge in [-0.25, -0.2) is 28.4 Å². The van der Waals surface area contributed by atoms with E-state index in [1.165, 1.54) is 12.4 Å². The average molecular weight is 889 g/mol. The zero-order valence-electron chi connectivity index (χ0n) is 34.8. The van der Waals surface area contributed by atoms with E-state index in [-0.39, 0.29) is 95.9 Å². The molecule has 0 bridgehead atoms. The van der Waals surface area contributed by atoms with Crippen molar-refractivity contribution in [1.82, 2.24) is 18.9 Å². The summed E-state index contributed by atoms with van der Waals surface area (Å²) in [6.07, 6.45) is 2.56. The van der Waals surface area contributed by atoms with Crippen molar-refractivity contribution in [2.75, 3.05) is 88.5 Å². The monoisotopic (exact) mass is 888 g/mol. The van der Waals surface area contributed by atoms with E-state index in [1.54, 1.807) is 28.7 Å². The molecule has 64 heavy (non-hydrogen) atoms. The minimum Gasteiger partial charge on any atom is -0.487 e. The summed E-state index contributed by atoms with van der Waals surface area (Å²) in [5, 5.41) is 19.0. The molecule has 0 aliphatic carbocycles. The number of piperazine rings is 2. The van der Waals surface area contributed by atoms with Crippen molar-refractivity contribution in [2.45, 2.75) is 25.9 Å². The number of aromatic nitrogens is 2. The third-order valence-corrected chi connectivity index (χ3v) is 11.7. The van der Waals surface area contributed by atoms with Gasteiger partial charge in [0.05, 0.1) is 47.0 Å². The number of benzene rings is 2. The van der Waals surface area contributed by atoms with Crippen molar-refractivity contribution in [1.29, 1.82) is 0 Å². The number of carboxylic acids is 2. The van der Waals surface area contributed by atoms with Crippen LogP contribution in [-0.4, -0.2) is 144 Å². The van der Waals surface area contributed by atoms with Gasteiger partial charge in [-0.1, -0.05) is 0 Å². The second kappa shape index (κ2) is 16.9. The molecule has 8 rings (SSSR count). The van der Waals surface area contributed by atoms with Gasteiger partial charge in [0.2, 0.25) is 22.8 Å². The first-order valence-corrected chi connectivity index (χ1v) is 20.4. The molecule has 0 saturated carbocycles. The predicted molar refractivity (Wildman–Crippen MR) is 234 cm³/mol. The first kappa shape index (κ1) is 43.0. The van der Waals surface area contributed by atoms with Crippen LogP contribution in [0.2, 0.25) is 0 Å². The first-order valence-electron chi connectivity index (χ1n) is 20.4. The summed E-state index contributed by atoms with van der Waals surface area (Å²) in [7, 11) is 0. The van der Waals surface area contributed by atoms with E-state index in [0.717, 1.165) is 12.1 Å². The number of hydrogen-bond donors (Lipinski definition) is 6. The van der Waals surface area contributed by atoms with E-state index in [0.29, 0.717) is 63.4 Å². The van der Waals surface area contributed by atoms with Crippen molar-refractivity contribution in [3.05, 3.63) is 67.7 Å². The number of rotatable bonds is 7. The van der Waals surface area contributed by atoms with Gasteiger partial charge in [0, 0.05) is 64.8 Å². The SMILES string of the molecule is CC1COc2c(N3CCN(C(N)=NC(N)=NCCN=C(N)N=C(N)N4CCN(c5c(F)cc6c(=O)c(C(=O)O)cn7c6c5OCC7C)CC4)CC3)c(F)cc3c(=O)c(C(=O)O)cn1c23. The number of carboxylic acid groups (broad SMARTS) is 2. The number of hydrogen-bond acceptors (Lipinski definition) is 10. The average Bonchev–Trinajstić information content (AvgIpc) is 3.26. The molecule has 0 radical (unpaired) electrons. The smallest absolute Gasteiger partial charge is 0.341 e. The van der Waals surface area contributed by atoms with Crippen LogP contribution in [0.15, 0.2) is 54.1 Å². The van der Waals surface area contributed by atoms with Crippen LogP contribution in [0, 0.1) is 11.6 Å². The number of anilines is 2. The normalized spacial score (nSPS) is 19.6. The molecule has 338 valence electrons. The van der Waals surface area contributed by atoms with Gasteiger partial charge in [0.15, 0.2) is 35.1 Å². The Morgan fingerprint density at radius 2 is 1.02 bits per heavy atom. The number of aromatic carboxylic acids is 2. The fraction of sp³-hybridized carbons (Fsp3) is 0.400. The maximum Gasteiger partial charge on any atom is 0.341 e. The Labute approximate surface area is 361 Å². The van der Waals surface area contributed by atoms with E-state index in [1.807, 2.05) is 13.8 Å². The van der Waals surface area contributed by atoms with E-state index in [9.17, 15) is 29.4 Å². The van der Waals surface area contributed by atoms with Crippen LogP contribution >= 0.6 is 0 Å². The third kappa shape index (κ3) is 7.74. The van der Waals surface area contributed by atoms with E-state index in [4.69, 9.17) is 32.4 Å². The van der Waals surface area contributed by atoms with Gasteiger partial charge in [-0.3, -0.25) is 9.59 Å². The fourth-order valence-corrected chi connectivity index (χ4v) is 8.41. The topological polar surface area (TPSA) is 304 Å². The lowest BCUT2D eigenvalue weighted by molar-refractivity contribution is 0.0683. The van der Waals surface area contributed by atoms with Crippen LogP contribution in [0.4, 0.5) is 20.2 Å². The lowest BCUT2D eigenvalue weighted by atomic mass is 10.1. The highest BCUT2D eigenvalue weighted by Gasteiger charge is 2.34. The zero-order valence-corrected chi connectivity index (χ0v) is 34.8. The van der Waals surface area contributed by atoms with Crippen molar-refractivity contribution in [3.63, 3.8) is 0 Å². The Morgan fingerprint density at radius 3 is 1.36 bits per heavy atom. The number of guanidine groups is 4. The molecule has 24 heteroatoms. The summed E-state index contributed by atoms with van der Waals surface area (Å²) in [4.78, 5) is 73.3. The number of halogens is 2. The molecule has 2 saturated heterocycles. The Balaban J connectivity index is 0.854. The molecule has 22 nitrogen and oxygen atoms in total. The minimum atomic E-state index is -1.39. The summed E-state index contributed by atoms with van der Waals surface area (Å²) in [6.45, 7) is 6.73. The van der Waals surface area contributed by atoms with Crippen molar-refractivity contribution >= 4 is 69.0 Å². The maximum atomic E-state index is 15.7. The summed E-state index contributed by atoms with van der Waals surface area (Å²) >= 11 is 0. The minimum absolute atomic E-state index is 0.0697. The van der Waals surface area contributed by atoms with Gasteiger partial charge in [-0.2, -0.15) is 9.98 Å². The number of aliphatic imine (C=N–C) groups is 4. The van der Waals surface area contributed by atoms with Crippen LogP contribution < -0.4 is 53.1 Å². The summed E-state index contributed by atoms with van der Waals surface area (Å²) in [6, 6.07) is 1.55. The number of ether oxygens (including phenoxy) is 2. The molecule has 4 aromatic rings. The molecule has 2 fully saturated rings. The Hall–Kier alpha value is -7.66. The molecule has 2 atom stereocenters. The summed E-state index contributed by atoms with van der Waals surface area (Å²) in [5.41, 5.74) is 23.1. The van der Waals surface area contributed by atoms with Crippen LogP contribution in [-0.2, 0) is 0 Å². The maximum absolute atomic E-state index is 15.7. The van der Waals surface area contributed by atoms with E-state index in [2.05, 4.69) is 20.0 Å². The van der Waals surface area contributed by atoms with Crippen molar-refractivity contribution < 1.29 is 38.1 Å². The van der Waals surface area contributed by atoms with Gasteiger partial charge < -0.3 is 71.4 Å². The van der Waals surface area contributed by atoms with Crippen LogP contribution in [0.5, 0.6) is 11.5 Å². The van der Waals surface area contributed by atoms with Gasteiger partial charge >= 0.3 is 11.9 Å². The fourth-order valence-electron chi connectivity index (χ4n) is 8.41. The zero-order chi connectivity index (χ0) is 45.7. The van der Waals surface area contributed by atoms with Gasteiger partial charge in [-0.15, -0.1) is 0 Å². The molecule has 2 aromatic heterocycles. The highest BCUT2D eigenvalue weighted by molar-refractivity contribution is 5.99. The summed E-state index contributed by atoms with van der Waals surface area (Å²) < 4.78 is 46.6. The Bertz CT molecular complexity index is 2650. The Morgan fingerprint density at radius 1 is 0.656 bits per heavy atom. The third-order valence-electron chi connectivity index (χ3n) is 11.7. The predicted octanol–water partition coefficient (Wildman–Crippen LogP) is 0.101. The quantitative estimate of drug-likeness (QED) is 0.0815. The largest absolute Gasteiger partial charge is 0.487 e. The van der Waals surface area contributed by atoms with Crippen LogP contribution in [0.25, 0.3) is 21.8 Å². The van der Waals surface area contributed by atoms with Gasteiger partial charge in [0.1, 0.15) is 35.7 Å². The second-order valence-corrected chi connectivity index (χ2v) is 15.7. The molecular weight excluding hydrogens is 843 g/mol. The number of carbonyl (C=O) groups is 2. The Kier molecular flexibility index (Phi) is 11.4. The van der Waals surface area contributed by atoms with E-state index < -0.39 is 45.6 Å². The highest BCUT2D eigenvalue weighted by Crippen LogP contribution is 2.43. The van der Waals surface area contributed by atoms with E-state index >= 15 is 8.78 Å². The lowest BCUT2D eigenvalue weighted by Gasteiger charge is -2.38. The standard InChI is InChI=1S/C40H46F2N14O8/c1-19-17-63-33-27-21(31(57)23(35(59)60)15-55(19)27)13-25(41)29(33)51-5-9-53(10-6-51)39(45)49-37(43)47-3-4-48-38(44)50-40(46)54-11-7-52(8-12-54)30-26(42)14-22-28-34(30)64-18-20(2)56(28)16-24(32(22)58)36(61)62/h13-16,19-20H,3-12,17-18H2,1-2H3,(H,59,60)(H,61,62)(H4,43,45,47,49)(H4,44,46,48,50). The molecule has 2 unspecified atom stereocenters. The molecule has 6 heterocycles. The van der Waals surface area contributed by atoms with Crippen LogP contribution in [0.1, 0.15) is 46.6 Å². The lowest BCUT2D eigenvalue weighted by Crippen LogP contribution is -2.52. The van der Waals surface area contributed by atoms with Crippen LogP contribution in [0.3, 0.4) is 0 Å². The summed E-state index contributed by atoms with van der Waals surface area (Å²) in [5.74, 6) is -3.87.